The van der Waals surface area contributed by atoms with Crippen molar-refractivity contribution in [2.75, 3.05) is 7.05 Å². The lowest BCUT2D eigenvalue weighted by atomic mass is 9.89. The Hall–Kier alpha value is -2.64. The zero-order chi connectivity index (χ0) is 20.1. The fraction of sp³-hybridized carbons (Fsp3) is 0.619. The molecule has 0 saturated heterocycles. The van der Waals surface area contributed by atoms with E-state index < -0.39 is 0 Å². The Balaban J connectivity index is 1.27. The number of pyridine rings is 1. The van der Waals surface area contributed by atoms with Gasteiger partial charge < -0.3 is 15.4 Å². The van der Waals surface area contributed by atoms with Gasteiger partial charge in [-0.3, -0.25) is 4.99 Å². The first-order chi connectivity index (χ1) is 14.2. The minimum atomic E-state index is 0.292. The standard InChI is InChI=1S/C21H31N7O/c1-15-3-6-18(7-4-15)29-20-11-16(9-10-23-20)12-24-21(22-2)27-17-5-8-19-25-14-26-28(19)13-17/h9-11,14-15,17-18H,3-8,12-13H2,1-2H3,(H2,22,24,27). The van der Waals surface area contributed by atoms with Gasteiger partial charge in [0.2, 0.25) is 5.88 Å². The van der Waals surface area contributed by atoms with Crippen molar-refractivity contribution >= 4 is 5.96 Å². The zero-order valence-electron chi connectivity index (χ0n) is 17.3. The van der Waals surface area contributed by atoms with Gasteiger partial charge in [0.05, 0.1) is 6.54 Å². The average Bonchev–Trinajstić information content (AvgIpc) is 3.21. The zero-order valence-corrected chi connectivity index (χ0v) is 17.3. The van der Waals surface area contributed by atoms with E-state index in [9.17, 15) is 0 Å². The molecular formula is C21H31N7O. The van der Waals surface area contributed by atoms with Crippen molar-refractivity contribution in [3.05, 3.63) is 36.0 Å². The van der Waals surface area contributed by atoms with Crippen LogP contribution >= 0.6 is 0 Å². The van der Waals surface area contributed by atoms with E-state index in [2.05, 4.69) is 37.6 Å². The molecule has 4 rings (SSSR count). The number of aliphatic imine (C=N–C) groups is 1. The Kier molecular flexibility index (Phi) is 6.27. The molecule has 1 aliphatic carbocycles. The molecule has 2 N–H and O–H groups in total. The van der Waals surface area contributed by atoms with Crippen LogP contribution in [0.1, 0.15) is 50.4 Å². The van der Waals surface area contributed by atoms with E-state index in [-0.39, 0.29) is 0 Å². The maximum atomic E-state index is 6.12. The second-order valence-electron chi connectivity index (χ2n) is 8.17. The second-order valence-corrected chi connectivity index (χ2v) is 8.17. The van der Waals surface area contributed by atoms with Crippen molar-refractivity contribution < 1.29 is 4.74 Å². The number of ether oxygens (including phenoxy) is 1. The van der Waals surface area contributed by atoms with Gasteiger partial charge in [-0.15, -0.1) is 0 Å². The summed E-state index contributed by atoms with van der Waals surface area (Å²) in [7, 11) is 1.80. The van der Waals surface area contributed by atoms with Gasteiger partial charge in [-0.2, -0.15) is 5.10 Å². The third kappa shape index (κ3) is 5.25. The van der Waals surface area contributed by atoms with Gasteiger partial charge in [-0.05, 0) is 49.7 Å². The predicted molar refractivity (Wildman–Crippen MR) is 112 cm³/mol. The lowest BCUT2D eigenvalue weighted by molar-refractivity contribution is 0.130. The number of hydrogen-bond acceptors (Lipinski definition) is 5. The fourth-order valence-corrected chi connectivity index (χ4v) is 4.07. The van der Waals surface area contributed by atoms with E-state index in [4.69, 9.17) is 4.74 Å². The van der Waals surface area contributed by atoms with Gasteiger partial charge in [0.15, 0.2) is 5.96 Å². The number of fused-ring (bicyclic) bond motifs is 1. The van der Waals surface area contributed by atoms with Crippen molar-refractivity contribution in [2.45, 2.75) is 70.7 Å². The summed E-state index contributed by atoms with van der Waals surface area (Å²) < 4.78 is 8.09. The molecule has 0 bridgehead atoms. The lowest BCUT2D eigenvalue weighted by Gasteiger charge is -2.26. The minimum Gasteiger partial charge on any atom is -0.474 e. The van der Waals surface area contributed by atoms with Crippen molar-refractivity contribution in [3.8, 4) is 5.88 Å². The van der Waals surface area contributed by atoms with Crippen LogP contribution in [0.25, 0.3) is 0 Å². The first-order valence-corrected chi connectivity index (χ1v) is 10.6. The van der Waals surface area contributed by atoms with Crippen molar-refractivity contribution in [1.82, 2.24) is 30.4 Å². The van der Waals surface area contributed by atoms with Crippen molar-refractivity contribution in [3.63, 3.8) is 0 Å². The molecule has 1 aliphatic heterocycles. The molecule has 1 unspecified atom stereocenters. The molecule has 8 nitrogen and oxygen atoms in total. The van der Waals surface area contributed by atoms with E-state index in [1.165, 1.54) is 12.8 Å². The second kappa shape index (κ2) is 9.24. The third-order valence-corrected chi connectivity index (χ3v) is 5.88. The molecule has 1 fully saturated rings. The van der Waals surface area contributed by atoms with E-state index in [1.807, 2.05) is 23.0 Å². The van der Waals surface area contributed by atoms with Gasteiger partial charge in [-0.25, -0.2) is 14.6 Å². The lowest BCUT2D eigenvalue weighted by Crippen LogP contribution is -2.46. The summed E-state index contributed by atoms with van der Waals surface area (Å²) in [6, 6.07) is 4.33. The van der Waals surface area contributed by atoms with E-state index >= 15 is 0 Å². The number of nitrogens with one attached hydrogen (secondary N) is 2. The molecule has 0 amide bonds. The van der Waals surface area contributed by atoms with Gasteiger partial charge in [-0.1, -0.05) is 6.92 Å². The molecule has 2 aromatic heterocycles. The molecule has 156 valence electrons. The van der Waals surface area contributed by atoms with Gasteiger partial charge in [0, 0.05) is 38.3 Å². The Morgan fingerprint density at radius 3 is 2.93 bits per heavy atom. The third-order valence-electron chi connectivity index (χ3n) is 5.88. The summed E-state index contributed by atoms with van der Waals surface area (Å²) in [5.74, 6) is 3.39. The van der Waals surface area contributed by atoms with Gasteiger partial charge >= 0.3 is 0 Å². The maximum Gasteiger partial charge on any atom is 0.213 e. The van der Waals surface area contributed by atoms with Crippen LogP contribution in [0.15, 0.2) is 29.6 Å². The molecule has 8 heteroatoms. The summed E-state index contributed by atoms with van der Waals surface area (Å²) >= 11 is 0. The van der Waals surface area contributed by atoms with Crippen LogP contribution in [0.5, 0.6) is 5.88 Å². The first-order valence-electron chi connectivity index (χ1n) is 10.6. The van der Waals surface area contributed by atoms with Crippen LogP contribution in [-0.4, -0.2) is 44.9 Å². The highest BCUT2D eigenvalue weighted by molar-refractivity contribution is 5.79. The topological polar surface area (TPSA) is 89.2 Å². The monoisotopic (exact) mass is 397 g/mol. The molecule has 3 heterocycles. The van der Waals surface area contributed by atoms with E-state index in [1.54, 1.807) is 13.4 Å². The largest absolute Gasteiger partial charge is 0.474 e. The van der Waals surface area contributed by atoms with Crippen molar-refractivity contribution in [2.24, 2.45) is 10.9 Å². The average molecular weight is 398 g/mol. The maximum absolute atomic E-state index is 6.12. The summed E-state index contributed by atoms with van der Waals surface area (Å²) in [5.41, 5.74) is 1.13. The molecule has 2 aliphatic rings. The highest BCUT2D eigenvalue weighted by atomic mass is 16.5. The summed E-state index contributed by atoms with van der Waals surface area (Å²) in [4.78, 5) is 13.0. The van der Waals surface area contributed by atoms with Crippen LogP contribution in [-0.2, 0) is 19.5 Å². The molecule has 1 saturated carbocycles. The van der Waals surface area contributed by atoms with Crippen LogP contribution in [0.3, 0.4) is 0 Å². The molecular weight excluding hydrogens is 366 g/mol. The SMILES string of the molecule is CN=C(NCc1ccnc(OC2CCC(C)CC2)c1)NC1CCc2ncnn2C1. The van der Waals surface area contributed by atoms with E-state index in [0.29, 0.717) is 18.7 Å². The number of hydrogen-bond donors (Lipinski definition) is 2. The number of nitrogens with zero attached hydrogens (tertiary/aromatic N) is 5. The summed E-state index contributed by atoms with van der Waals surface area (Å²) in [6.07, 6.45) is 10.4. The smallest absolute Gasteiger partial charge is 0.213 e. The minimum absolute atomic E-state index is 0.292. The van der Waals surface area contributed by atoms with Gasteiger partial charge in [0.1, 0.15) is 18.3 Å². The summed E-state index contributed by atoms with van der Waals surface area (Å²) in [5, 5.41) is 11.2. The van der Waals surface area contributed by atoms with E-state index in [0.717, 1.165) is 61.4 Å². The van der Waals surface area contributed by atoms with Gasteiger partial charge in [0.25, 0.3) is 0 Å². The van der Waals surface area contributed by atoms with Crippen LogP contribution in [0.2, 0.25) is 0 Å². The van der Waals surface area contributed by atoms with Crippen LogP contribution in [0, 0.1) is 5.92 Å². The molecule has 29 heavy (non-hydrogen) atoms. The highest BCUT2D eigenvalue weighted by Gasteiger charge is 2.21. The predicted octanol–water partition coefficient (Wildman–Crippen LogP) is 2.31. The molecule has 0 spiro atoms. The Morgan fingerprint density at radius 1 is 1.24 bits per heavy atom. The van der Waals surface area contributed by atoms with Crippen molar-refractivity contribution in [1.29, 1.82) is 0 Å². The molecule has 0 radical (unpaired) electrons. The Morgan fingerprint density at radius 2 is 2.10 bits per heavy atom. The van der Waals surface area contributed by atoms with Crippen LogP contribution in [0.4, 0.5) is 0 Å². The molecule has 1 atom stereocenters. The highest BCUT2D eigenvalue weighted by Crippen LogP contribution is 2.26. The normalized spacial score (nSPS) is 24.6. The number of aromatic nitrogens is 4. The number of guanidine groups is 1. The number of aryl methyl sites for hydroxylation is 1. The Bertz CT molecular complexity index is 826. The number of rotatable bonds is 5. The van der Waals surface area contributed by atoms with Crippen LogP contribution < -0.4 is 15.4 Å². The quantitative estimate of drug-likeness (QED) is 0.594. The summed E-state index contributed by atoms with van der Waals surface area (Å²) in [6.45, 7) is 3.80. The molecule has 0 aromatic carbocycles. The fourth-order valence-electron chi connectivity index (χ4n) is 4.07. The Labute approximate surface area is 172 Å². The molecule has 2 aromatic rings. The first kappa shape index (κ1) is 19.7.